The molecule has 4 rings (SSSR count). The predicted octanol–water partition coefficient (Wildman–Crippen LogP) is 3.16. The monoisotopic (exact) mass is 472 g/mol. The molecule has 1 saturated heterocycles. The van der Waals surface area contributed by atoms with Gasteiger partial charge in [0, 0.05) is 43.2 Å². The number of anilines is 1. The van der Waals surface area contributed by atoms with Crippen molar-refractivity contribution in [3.8, 4) is 11.5 Å². The molecule has 0 atom stereocenters. The van der Waals surface area contributed by atoms with Gasteiger partial charge in [-0.3, -0.25) is 15.1 Å². The summed E-state index contributed by atoms with van der Waals surface area (Å²) in [4.78, 5) is 32.6. The molecule has 174 valence electrons. The van der Waals surface area contributed by atoms with E-state index in [1.165, 1.54) is 13.2 Å². The van der Waals surface area contributed by atoms with Crippen LogP contribution in [0.15, 0.2) is 54.2 Å². The van der Waals surface area contributed by atoms with E-state index < -0.39 is 5.60 Å². The largest absolute Gasteiger partial charge is 0.504 e. The van der Waals surface area contributed by atoms with Crippen molar-refractivity contribution in [2.45, 2.75) is 25.0 Å². The number of nitrogens with zero attached hydrogens (tertiary/aromatic N) is 1. The number of ether oxygens (including phenoxy) is 1. The van der Waals surface area contributed by atoms with Crippen LogP contribution in [0.5, 0.6) is 11.5 Å². The third-order valence-electron chi connectivity index (χ3n) is 5.71. The highest BCUT2D eigenvalue weighted by Crippen LogP contribution is 2.32. The Hall–Kier alpha value is -3.43. The van der Waals surface area contributed by atoms with E-state index in [1.807, 2.05) is 0 Å². The maximum absolute atomic E-state index is 12.6. The number of rotatable bonds is 5. The van der Waals surface area contributed by atoms with E-state index in [0.29, 0.717) is 48.1 Å². The van der Waals surface area contributed by atoms with Crippen molar-refractivity contribution in [3.63, 3.8) is 0 Å². The maximum Gasteiger partial charge on any atom is 0.321 e. The number of aromatic hydroxyl groups is 1. The standard InChI is InChI=1S/C23H25ClN4O5/c1-32-20-12-15(2-7-19(20)29)14-25-21(30)18-13-23(33-27-18)8-10-28(11-9-23)22(31)26-17-5-3-16(24)4-6-17/h2-7,12-13,27,29H,8-11,14H2,1H3,(H,25,30)(H,26,31). The number of carbonyl (C=O) groups is 2. The summed E-state index contributed by atoms with van der Waals surface area (Å²) in [7, 11) is 1.47. The SMILES string of the molecule is COc1cc(CNC(=O)C2=CC3(CCN(C(=O)Nc4ccc(Cl)cc4)CC3)ON2)ccc1O. The van der Waals surface area contributed by atoms with Gasteiger partial charge in [-0.2, -0.15) is 0 Å². The summed E-state index contributed by atoms with van der Waals surface area (Å²) < 4.78 is 5.09. The van der Waals surface area contributed by atoms with E-state index in [9.17, 15) is 14.7 Å². The van der Waals surface area contributed by atoms with Gasteiger partial charge in [0.05, 0.1) is 7.11 Å². The summed E-state index contributed by atoms with van der Waals surface area (Å²) in [6.45, 7) is 1.24. The highest BCUT2D eigenvalue weighted by atomic mass is 35.5. The van der Waals surface area contributed by atoms with Crippen LogP contribution < -0.4 is 20.9 Å². The highest BCUT2D eigenvalue weighted by molar-refractivity contribution is 6.30. The third kappa shape index (κ3) is 5.32. The smallest absolute Gasteiger partial charge is 0.321 e. The number of phenols is 1. The molecule has 0 saturated carbocycles. The van der Waals surface area contributed by atoms with Crippen LogP contribution in [0.4, 0.5) is 10.5 Å². The van der Waals surface area contributed by atoms with Crippen LogP contribution in [0.1, 0.15) is 18.4 Å². The number of carbonyl (C=O) groups excluding carboxylic acids is 2. The number of nitrogens with one attached hydrogen (secondary N) is 3. The summed E-state index contributed by atoms with van der Waals surface area (Å²) in [6.07, 6.45) is 2.90. The Balaban J connectivity index is 1.29. The molecule has 0 aliphatic carbocycles. The quantitative estimate of drug-likeness (QED) is 0.532. The lowest BCUT2D eigenvalue weighted by Crippen LogP contribution is -2.48. The van der Waals surface area contributed by atoms with Crippen LogP contribution in [0.2, 0.25) is 5.02 Å². The average molecular weight is 473 g/mol. The minimum atomic E-state index is -0.633. The van der Waals surface area contributed by atoms with Gasteiger partial charge in [-0.05, 0) is 48.0 Å². The topological polar surface area (TPSA) is 112 Å². The molecule has 2 heterocycles. The van der Waals surface area contributed by atoms with Gasteiger partial charge in [0.25, 0.3) is 5.91 Å². The molecule has 2 aliphatic heterocycles. The summed E-state index contributed by atoms with van der Waals surface area (Å²) in [5.41, 5.74) is 3.89. The van der Waals surface area contributed by atoms with Gasteiger partial charge in [-0.25, -0.2) is 4.79 Å². The fourth-order valence-corrected chi connectivity index (χ4v) is 3.90. The summed E-state index contributed by atoms with van der Waals surface area (Å²) in [5.74, 6) is 0.0761. The fraction of sp³-hybridized carbons (Fsp3) is 0.304. The molecule has 33 heavy (non-hydrogen) atoms. The molecular weight excluding hydrogens is 448 g/mol. The first-order chi connectivity index (χ1) is 15.9. The maximum atomic E-state index is 12.6. The fourth-order valence-electron chi connectivity index (χ4n) is 3.77. The van der Waals surface area contributed by atoms with E-state index in [0.717, 1.165) is 5.56 Å². The summed E-state index contributed by atoms with van der Waals surface area (Å²) in [6, 6.07) is 11.6. The van der Waals surface area contributed by atoms with Crippen molar-refractivity contribution in [3.05, 3.63) is 64.8 Å². The first kappa shape index (κ1) is 22.8. The molecule has 1 fully saturated rings. The van der Waals surface area contributed by atoms with E-state index in [2.05, 4.69) is 16.1 Å². The molecule has 0 unspecified atom stereocenters. The molecule has 0 bridgehead atoms. The molecule has 9 nitrogen and oxygen atoms in total. The average Bonchev–Trinajstić information content (AvgIpc) is 3.23. The number of likely N-dealkylation sites (tertiary alicyclic amines) is 1. The normalized spacial score (nSPS) is 16.7. The van der Waals surface area contributed by atoms with Crippen molar-refractivity contribution in [1.82, 2.24) is 15.7 Å². The Morgan fingerprint density at radius 2 is 1.94 bits per heavy atom. The minimum Gasteiger partial charge on any atom is -0.504 e. The van der Waals surface area contributed by atoms with Crippen molar-refractivity contribution in [2.24, 2.45) is 0 Å². The number of hydrogen-bond acceptors (Lipinski definition) is 6. The number of halogens is 1. The summed E-state index contributed by atoms with van der Waals surface area (Å²) in [5, 5.41) is 16.0. The van der Waals surface area contributed by atoms with E-state index >= 15 is 0 Å². The van der Waals surface area contributed by atoms with Crippen LogP contribution in [0.25, 0.3) is 0 Å². The Morgan fingerprint density at radius 1 is 1.21 bits per heavy atom. The Kier molecular flexibility index (Phi) is 6.62. The molecule has 10 heteroatoms. The highest BCUT2D eigenvalue weighted by Gasteiger charge is 2.41. The zero-order valence-electron chi connectivity index (χ0n) is 18.1. The zero-order valence-corrected chi connectivity index (χ0v) is 18.8. The van der Waals surface area contributed by atoms with Crippen LogP contribution in [0.3, 0.4) is 0 Å². The van der Waals surface area contributed by atoms with Gasteiger partial charge < -0.3 is 25.4 Å². The van der Waals surface area contributed by atoms with Crippen LogP contribution in [-0.4, -0.2) is 47.7 Å². The van der Waals surface area contributed by atoms with Crippen molar-refractivity contribution in [2.75, 3.05) is 25.5 Å². The molecule has 4 N–H and O–H groups in total. The lowest BCUT2D eigenvalue weighted by Gasteiger charge is -2.36. The van der Waals surface area contributed by atoms with Gasteiger partial charge in [0.1, 0.15) is 11.3 Å². The molecule has 2 aliphatic rings. The van der Waals surface area contributed by atoms with Crippen LogP contribution in [-0.2, 0) is 16.2 Å². The van der Waals surface area contributed by atoms with E-state index in [1.54, 1.807) is 47.4 Å². The van der Waals surface area contributed by atoms with Gasteiger partial charge in [-0.1, -0.05) is 17.7 Å². The van der Waals surface area contributed by atoms with Gasteiger partial charge >= 0.3 is 6.03 Å². The molecular formula is C23H25ClN4O5. The molecule has 0 aromatic heterocycles. The van der Waals surface area contributed by atoms with Gasteiger partial charge in [-0.15, -0.1) is 0 Å². The molecule has 0 radical (unpaired) electrons. The number of piperidine rings is 1. The Bertz CT molecular complexity index is 1070. The van der Waals surface area contributed by atoms with Crippen LogP contribution in [0, 0.1) is 0 Å². The zero-order chi connectivity index (χ0) is 23.4. The van der Waals surface area contributed by atoms with Crippen LogP contribution >= 0.6 is 11.6 Å². The predicted molar refractivity (Wildman–Crippen MR) is 123 cm³/mol. The number of phenolic OH excluding ortho intramolecular Hbond substituents is 1. The second-order valence-corrected chi connectivity index (χ2v) is 8.38. The Morgan fingerprint density at radius 3 is 2.64 bits per heavy atom. The number of hydroxylamine groups is 1. The van der Waals surface area contributed by atoms with E-state index in [-0.39, 0.29) is 24.2 Å². The third-order valence-corrected chi connectivity index (χ3v) is 5.96. The summed E-state index contributed by atoms with van der Waals surface area (Å²) >= 11 is 5.88. The molecule has 2 aromatic carbocycles. The lowest BCUT2D eigenvalue weighted by molar-refractivity contribution is -0.120. The van der Waals surface area contributed by atoms with Crippen molar-refractivity contribution >= 4 is 29.2 Å². The Labute approximate surface area is 196 Å². The first-order valence-electron chi connectivity index (χ1n) is 10.5. The molecule has 2 aromatic rings. The number of amides is 3. The van der Waals surface area contributed by atoms with Gasteiger partial charge in [0.15, 0.2) is 11.5 Å². The van der Waals surface area contributed by atoms with Crippen molar-refractivity contribution in [1.29, 1.82) is 0 Å². The molecule has 3 amide bonds. The number of benzene rings is 2. The molecule has 1 spiro atoms. The van der Waals surface area contributed by atoms with Crippen molar-refractivity contribution < 1.29 is 24.3 Å². The second kappa shape index (κ2) is 9.60. The number of methoxy groups -OCH3 is 1. The minimum absolute atomic E-state index is 0.0382. The lowest BCUT2D eigenvalue weighted by atomic mass is 9.91. The number of hydrogen-bond donors (Lipinski definition) is 4. The second-order valence-electron chi connectivity index (χ2n) is 7.94. The first-order valence-corrected chi connectivity index (χ1v) is 10.9. The van der Waals surface area contributed by atoms with E-state index in [4.69, 9.17) is 21.2 Å². The van der Waals surface area contributed by atoms with Gasteiger partial charge in [0.2, 0.25) is 0 Å². The number of urea groups is 1.